The first kappa shape index (κ1) is 10.1. The standard InChI is InChI=1S/C14H13NO2/c16-15-13-6-3-9-17-14-11-5-2-1-4-10(11)7-8-12(13)14/h1-2,4-5,7-8,16H,3,6,9H2/b15-13+. The molecule has 0 radical (unpaired) electrons. The average molecular weight is 227 g/mol. The molecule has 0 saturated heterocycles. The summed E-state index contributed by atoms with van der Waals surface area (Å²) < 4.78 is 5.80. The number of hydrogen-bond acceptors (Lipinski definition) is 3. The van der Waals surface area contributed by atoms with Gasteiger partial charge >= 0.3 is 0 Å². The second-order valence-electron chi connectivity index (χ2n) is 4.16. The van der Waals surface area contributed by atoms with Crippen molar-refractivity contribution >= 4 is 16.5 Å². The Balaban J connectivity index is 2.31. The first-order valence-corrected chi connectivity index (χ1v) is 5.76. The maximum atomic E-state index is 9.07. The Bertz CT molecular complexity index is 590. The molecule has 0 amide bonds. The van der Waals surface area contributed by atoms with Crippen LogP contribution in [0.4, 0.5) is 0 Å². The van der Waals surface area contributed by atoms with Crippen LogP contribution in [0.25, 0.3) is 10.8 Å². The topological polar surface area (TPSA) is 41.8 Å². The first-order valence-electron chi connectivity index (χ1n) is 5.76. The fourth-order valence-corrected chi connectivity index (χ4v) is 2.28. The molecule has 17 heavy (non-hydrogen) atoms. The Labute approximate surface area is 99.3 Å². The molecule has 0 saturated carbocycles. The minimum atomic E-state index is 0.667. The third-order valence-electron chi connectivity index (χ3n) is 3.12. The average Bonchev–Trinajstić information content (AvgIpc) is 2.60. The number of benzene rings is 2. The Morgan fingerprint density at radius 3 is 2.88 bits per heavy atom. The van der Waals surface area contributed by atoms with E-state index in [1.165, 1.54) is 0 Å². The van der Waals surface area contributed by atoms with E-state index < -0.39 is 0 Å². The van der Waals surface area contributed by atoms with Gasteiger partial charge in [-0.05, 0) is 24.3 Å². The summed E-state index contributed by atoms with van der Waals surface area (Å²) in [6.45, 7) is 0.667. The molecular formula is C14H13NO2. The van der Waals surface area contributed by atoms with Gasteiger partial charge < -0.3 is 9.94 Å². The fraction of sp³-hybridized carbons (Fsp3) is 0.214. The molecule has 0 spiro atoms. The van der Waals surface area contributed by atoms with Crippen LogP contribution in [0.2, 0.25) is 0 Å². The normalized spacial score (nSPS) is 17.5. The smallest absolute Gasteiger partial charge is 0.136 e. The van der Waals surface area contributed by atoms with Gasteiger partial charge in [0.1, 0.15) is 5.75 Å². The van der Waals surface area contributed by atoms with Gasteiger partial charge in [-0.1, -0.05) is 35.5 Å². The molecule has 3 heteroatoms. The molecule has 1 heterocycles. The molecule has 2 aromatic carbocycles. The lowest BCUT2D eigenvalue weighted by atomic mass is 10.0. The second-order valence-corrected chi connectivity index (χ2v) is 4.16. The van der Waals surface area contributed by atoms with Crippen molar-refractivity contribution < 1.29 is 9.94 Å². The van der Waals surface area contributed by atoms with Gasteiger partial charge in [-0.3, -0.25) is 0 Å². The highest BCUT2D eigenvalue weighted by Gasteiger charge is 2.17. The van der Waals surface area contributed by atoms with E-state index in [1.807, 2.05) is 30.3 Å². The van der Waals surface area contributed by atoms with E-state index in [0.717, 1.165) is 34.9 Å². The van der Waals surface area contributed by atoms with E-state index in [9.17, 15) is 0 Å². The number of rotatable bonds is 0. The predicted molar refractivity (Wildman–Crippen MR) is 67.0 cm³/mol. The van der Waals surface area contributed by atoms with Crippen LogP contribution in [0.15, 0.2) is 41.6 Å². The highest BCUT2D eigenvalue weighted by atomic mass is 16.5. The summed E-state index contributed by atoms with van der Waals surface area (Å²) in [6, 6.07) is 12.1. The van der Waals surface area contributed by atoms with Crippen LogP contribution in [-0.4, -0.2) is 17.5 Å². The van der Waals surface area contributed by atoms with Gasteiger partial charge in [0.25, 0.3) is 0 Å². The lowest BCUT2D eigenvalue weighted by molar-refractivity contribution is 0.316. The van der Waals surface area contributed by atoms with E-state index >= 15 is 0 Å². The van der Waals surface area contributed by atoms with Crippen LogP contribution in [0.1, 0.15) is 18.4 Å². The number of fused-ring (bicyclic) bond motifs is 3. The lowest BCUT2D eigenvalue weighted by Gasteiger charge is -2.10. The molecule has 86 valence electrons. The zero-order valence-corrected chi connectivity index (χ0v) is 9.39. The number of nitrogens with zero attached hydrogens (tertiary/aromatic N) is 1. The molecule has 1 aliphatic rings. The van der Waals surface area contributed by atoms with E-state index in [0.29, 0.717) is 12.3 Å². The maximum absolute atomic E-state index is 9.07. The van der Waals surface area contributed by atoms with Crippen LogP contribution >= 0.6 is 0 Å². The van der Waals surface area contributed by atoms with Gasteiger partial charge in [0.05, 0.1) is 12.3 Å². The van der Waals surface area contributed by atoms with Gasteiger partial charge in [0, 0.05) is 10.9 Å². The summed E-state index contributed by atoms with van der Waals surface area (Å²) in [6.07, 6.45) is 1.63. The minimum absolute atomic E-state index is 0.667. The molecule has 0 unspecified atom stereocenters. The first-order chi connectivity index (χ1) is 8.40. The molecule has 0 aromatic heterocycles. The zero-order valence-electron chi connectivity index (χ0n) is 9.39. The largest absolute Gasteiger partial charge is 0.492 e. The molecule has 3 nitrogen and oxygen atoms in total. The summed E-state index contributed by atoms with van der Waals surface area (Å²) in [7, 11) is 0. The number of hydrogen-bond donors (Lipinski definition) is 1. The van der Waals surface area contributed by atoms with Gasteiger partial charge in [-0.25, -0.2) is 0 Å². The summed E-state index contributed by atoms with van der Waals surface area (Å²) in [4.78, 5) is 0. The number of oxime groups is 1. The summed E-state index contributed by atoms with van der Waals surface area (Å²) in [5.74, 6) is 0.841. The van der Waals surface area contributed by atoms with E-state index in [4.69, 9.17) is 9.94 Å². The molecule has 3 rings (SSSR count). The van der Waals surface area contributed by atoms with Crippen LogP contribution in [-0.2, 0) is 0 Å². The summed E-state index contributed by atoms with van der Waals surface area (Å²) in [5, 5.41) is 14.7. The van der Waals surface area contributed by atoms with E-state index in [2.05, 4.69) is 11.2 Å². The van der Waals surface area contributed by atoms with Gasteiger partial charge in [0.15, 0.2) is 0 Å². The van der Waals surface area contributed by atoms with Crippen LogP contribution in [0.5, 0.6) is 5.75 Å². The number of ether oxygens (including phenoxy) is 1. The monoisotopic (exact) mass is 227 g/mol. The molecular weight excluding hydrogens is 214 g/mol. The third kappa shape index (κ3) is 1.64. The molecule has 1 N–H and O–H groups in total. The third-order valence-corrected chi connectivity index (χ3v) is 3.12. The zero-order chi connectivity index (χ0) is 11.7. The molecule has 0 aliphatic carbocycles. The van der Waals surface area contributed by atoms with Crippen molar-refractivity contribution in [1.29, 1.82) is 0 Å². The summed E-state index contributed by atoms with van der Waals surface area (Å²) in [5.41, 5.74) is 1.62. The molecule has 1 aliphatic heterocycles. The Morgan fingerprint density at radius 1 is 1.12 bits per heavy atom. The SMILES string of the molecule is O/N=C1\CCCOc2c1ccc1ccccc21. The van der Waals surface area contributed by atoms with Crippen molar-refractivity contribution in [1.82, 2.24) is 0 Å². The molecule has 2 aromatic rings. The van der Waals surface area contributed by atoms with E-state index in [-0.39, 0.29) is 0 Å². The van der Waals surface area contributed by atoms with Crippen molar-refractivity contribution in [2.75, 3.05) is 6.61 Å². The second kappa shape index (κ2) is 4.09. The van der Waals surface area contributed by atoms with Gasteiger partial charge in [0.2, 0.25) is 0 Å². The fourth-order valence-electron chi connectivity index (χ4n) is 2.28. The Kier molecular flexibility index (Phi) is 2.44. The molecule has 0 fully saturated rings. The van der Waals surface area contributed by atoms with Crippen LogP contribution in [0, 0.1) is 0 Å². The highest BCUT2D eigenvalue weighted by molar-refractivity contribution is 6.07. The quantitative estimate of drug-likeness (QED) is 0.554. The lowest BCUT2D eigenvalue weighted by Crippen LogP contribution is -1.99. The maximum Gasteiger partial charge on any atom is 0.136 e. The summed E-state index contributed by atoms with van der Waals surface area (Å²) >= 11 is 0. The van der Waals surface area contributed by atoms with Gasteiger partial charge in [-0.15, -0.1) is 0 Å². The van der Waals surface area contributed by atoms with E-state index in [1.54, 1.807) is 0 Å². The van der Waals surface area contributed by atoms with Crippen molar-refractivity contribution in [3.63, 3.8) is 0 Å². The molecule has 0 bridgehead atoms. The van der Waals surface area contributed by atoms with Crippen molar-refractivity contribution in [2.45, 2.75) is 12.8 Å². The highest BCUT2D eigenvalue weighted by Crippen LogP contribution is 2.32. The molecule has 0 atom stereocenters. The van der Waals surface area contributed by atoms with Crippen molar-refractivity contribution in [3.8, 4) is 5.75 Å². The predicted octanol–water partition coefficient (Wildman–Crippen LogP) is 3.19. The van der Waals surface area contributed by atoms with Gasteiger partial charge in [-0.2, -0.15) is 0 Å². The Hall–Kier alpha value is -2.03. The van der Waals surface area contributed by atoms with Crippen molar-refractivity contribution in [2.24, 2.45) is 5.16 Å². The van der Waals surface area contributed by atoms with Crippen molar-refractivity contribution in [3.05, 3.63) is 42.0 Å². The Morgan fingerprint density at radius 2 is 2.00 bits per heavy atom. The minimum Gasteiger partial charge on any atom is -0.492 e. The van der Waals surface area contributed by atoms with Crippen LogP contribution < -0.4 is 4.74 Å². The van der Waals surface area contributed by atoms with Crippen LogP contribution in [0.3, 0.4) is 0 Å².